The molecule has 5 heteroatoms. The van der Waals surface area contributed by atoms with E-state index in [0.717, 1.165) is 0 Å². The van der Waals surface area contributed by atoms with Crippen molar-refractivity contribution >= 4 is 53.6 Å². The maximum Gasteiger partial charge on any atom is -0.00431 e. The Balaban J connectivity index is 2.67. The van der Waals surface area contributed by atoms with Gasteiger partial charge in [0.1, 0.15) is 0 Å². The Kier molecular flexibility index (Phi) is 8.12. The first-order valence-corrected chi connectivity index (χ1v) is 20.6. The minimum Gasteiger partial charge on any atom is -0.233 e. The summed E-state index contributed by atoms with van der Waals surface area (Å²) in [6.45, 7) is 0. The van der Waals surface area contributed by atoms with Gasteiger partial charge in [-0.3, -0.25) is 0 Å². The molecule has 27 heavy (non-hydrogen) atoms. The van der Waals surface area contributed by atoms with E-state index in [0.29, 0.717) is 0 Å². The molecule has 0 aliphatic rings. The van der Waals surface area contributed by atoms with Crippen molar-refractivity contribution in [3.8, 4) is 0 Å². The molecule has 0 unspecified atom stereocenters. The van der Waals surface area contributed by atoms with Crippen molar-refractivity contribution in [2.75, 3.05) is 62.6 Å². The SMILES string of the molecule is C[SH](C)c1cc([SH](C)C)cc(S(C)(C)c2cc([SH](C)C)cc([SH](C)C)c2)c1. The molecule has 158 valence electrons. The summed E-state index contributed by atoms with van der Waals surface area (Å²) in [5.74, 6) is 0. The van der Waals surface area contributed by atoms with E-state index >= 15 is 0 Å². The molecular weight excluding hydrogens is 425 g/mol. The van der Waals surface area contributed by atoms with Crippen LogP contribution in [-0.2, 0) is 0 Å². The summed E-state index contributed by atoms with van der Waals surface area (Å²) in [7, 11) is -1.31. The molecule has 0 saturated heterocycles. The summed E-state index contributed by atoms with van der Waals surface area (Å²) in [6.07, 6.45) is 24.1. The molecule has 0 heterocycles. The zero-order valence-corrected chi connectivity index (χ0v) is 23.1. The normalized spacial score (nSPS) is 14.6. The van der Waals surface area contributed by atoms with Gasteiger partial charge in [0.05, 0.1) is 0 Å². The quantitative estimate of drug-likeness (QED) is 0.338. The summed E-state index contributed by atoms with van der Waals surface area (Å²) in [5.41, 5.74) is 0. The largest absolute Gasteiger partial charge is 0.233 e. The minimum absolute atomic E-state index is 0.0717. The second-order valence-corrected chi connectivity index (χ2v) is 21.1. The molecule has 0 spiro atoms. The Hall–Kier alpha value is 0.190. The third-order valence-corrected chi connectivity index (χ3v) is 13.0. The smallest absolute Gasteiger partial charge is 0.00431 e. The third kappa shape index (κ3) is 5.63. The molecule has 2 rings (SSSR count). The summed E-state index contributed by atoms with van der Waals surface area (Å²) >= 11 is 0. The maximum atomic E-state index is 2.52. The highest BCUT2D eigenvalue weighted by Gasteiger charge is 2.21. The van der Waals surface area contributed by atoms with Crippen LogP contribution in [0.5, 0.6) is 0 Å². The Labute approximate surface area is 181 Å². The van der Waals surface area contributed by atoms with Crippen molar-refractivity contribution in [2.45, 2.75) is 29.4 Å². The number of rotatable bonds is 6. The van der Waals surface area contributed by atoms with E-state index in [-0.39, 0.29) is 43.6 Å². The van der Waals surface area contributed by atoms with Crippen molar-refractivity contribution in [3.05, 3.63) is 36.4 Å². The molecule has 0 N–H and O–H groups in total. The van der Waals surface area contributed by atoms with Crippen LogP contribution in [0.25, 0.3) is 0 Å². The molecular formula is C22H40S5. The highest BCUT2D eigenvalue weighted by molar-refractivity contribution is 8.32. The second-order valence-electron chi connectivity index (χ2n) is 8.27. The van der Waals surface area contributed by atoms with Gasteiger partial charge in [-0.15, -0.1) is 0 Å². The average Bonchev–Trinajstić information content (AvgIpc) is 2.60. The molecule has 0 radical (unpaired) electrons. The predicted octanol–water partition coefficient (Wildman–Crippen LogP) is 6.65. The predicted molar refractivity (Wildman–Crippen MR) is 145 cm³/mol. The van der Waals surface area contributed by atoms with E-state index in [1.165, 1.54) is 0 Å². The Bertz CT molecular complexity index is 673. The van der Waals surface area contributed by atoms with Gasteiger partial charge in [0, 0.05) is 0 Å². The van der Waals surface area contributed by atoms with Gasteiger partial charge in [-0.2, -0.15) is 10.0 Å². The number of hydrogen-bond donors (Lipinski definition) is 4. The zero-order chi connectivity index (χ0) is 20.5. The third-order valence-electron chi connectivity index (χ3n) is 5.00. The summed E-state index contributed by atoms with van der Waals surface area (Å²) < 4.78 is 0. The van der Waals surface area contributed by atoms with E-state index in [1.807, 2.05) is 0 Å². The van der Waals surface area contributed by atoms with Crippen LogP contribution in [0.3, 0.4) is 0 Å². The highest BCUT2D eigenvalue weighted by atomic mass is 32.3. The molecule has 0 bridgehead atoms. The van der Waals surface area contributed by atoms with E-state index in [1.54, 1.807) is 29.4 Å². The van der Waals surface area contributed by atoms with Gasteiger partial charge in [-0.1, -0.05) is 0 Å². The monoisotopic (exact) mass is 464 g/mol. The molecule has 0 nitrogen and oxygen atoms in total. The van der Waals surface area contributed by atoms with Crippen molar-refractivity contribution in [1.29, 1.82) is 0 Å². The maximum absolute atomic E-state index is 2.52. The second kappa shape index (κ2) is 9.34. The van der Waals surface area contributed by atoms with Crippen LogP contribution in [-0.4, -0.2) is 62.6 Å². The fourth-order valence-corrected chi connectivity index (χ4v) is 8.58. The lowest BCUT2D eigenvalue weighted by atomic mass is 10.3. The highest BCUT2D eigenvalue weighted by Crippen LogP contribution is 2.60. The summed E-state index contributed by atoms with van der Waals surface area (Å²) in [4.78, 5) is 9.38. The Morgan fingerprint density at radius 1 is 0.444 bits per heavy atom. The lowest BCUT2D eigenvalue weighted by Gasteiger charge is -2.35. The van der Waals surface area contributed by atoms with Crippen molar-refractivity contribution in [1.82, 2.24) is 0 Å². The minimum atomic E-state index is -1.02. The Morgan fingerprint density at radius 3 is 0.852 bits per heavy atom. The van der Waals surface area contributed by atoms with Crippen LogP contribution in [0.4, 0.5) is 0 Å². The molecule has 0 atom stereocenters. The van der Waals surface area contributed by atoms with Crippen LogP contribution < -0.4 is 0 Å². The van der Waals surface area contributed by atoms with Crippen molar-refractivity contribution in [3.63, 3.8) is 0 Å². The van der Waals surface area contributed by atoms with Crippen LogP contribution in [0.2, 0.25) is 0 Å². The van der Waals surface area contributed by atoms with Gasteiger partial charge in [-0.25, -0.2) is 43.6 Å². The van der Waals surface area contributed by atoms with Gasteiger partial charge in [0.2, 0.25) is 0 Å². The molecule has 0 amide bonds. The topological polar surface area (TPSA) is 0 Å². The fraction of sp³-hybridized carbons (Fsp3) is 0.455. The van der Waals surface area contributed by atoms with Crippen LogP contribution in [0.1, 0.15) is 0 Å². The first kappa shape index (κ1) is 23.5. The number of hydrogen-bond acceptors (Lipinski definition) is 0. The van der Waals surface area contributed by atoms with Gasteiger partial charge < -0.3 is 0 Å². The van der Waals surface area contributed by atoms with Gasteiger partial charge in [-0.05, 0) is 128 Å². The number of thiol groups is 4. The first-order chi connectivity index (χ1) is 12.4. The molecule has 0 aliphatic carbocycles. The van der Waals surface area contributed by atoms with Gasteiger partial charge >= 0.3 is 0 Å². The van der Waals surface area contributed by atoms with Crippen molar-refractivity contribution < 1.29 is 0 Å². The van der Waals surface area contributed by atoms with Gasteiger partial charge in [0.15, 0.2) is 0 Å². The van der Waals surface area contributed by atoms with Crippen LogP contribution >= 0.6 is 53.6 Å². The van der Waals surface area contributed by atoms with Crippen LogP contribution in [0, 0.1) is 0 Å². The van der Waals surface area contributed by atoms with E-state index < -0.39 is 10.0 Å². The molecule has 2 aromatic carbocycles. The number of benzene rings is 2. The molecule has 0 aliphatic heterocycles. The molecule has 0 saturated carbocycles. The van der Waals surface area contributed by atoms with E-state index in [9.17, 15) is 0 Å². The lowest BCUT2D eigenvalue weighted by Crippen LogP contribution is -2.01. The van der Waals surface area contributed by atoms with Crippen molar-refractivity contribution in [2.24, 2.45) is 0 Å². The standard InChI is InChI=1S/C22H40S5/c1-23(2)17-11-18(24(3)4)14-21(13-17)27(9,10)22-15-19(25(5)6)12-20(16-22)26(7)8/h11-16,23-26H,1-10H3. The van der Waals surface area contributed by atoms with Gasteiger partial charge in [0.25, 0.3) is 0 Å². The summed E-state index contributed by atoms with van der Waals surface area (Å²) in [6, 6.07) is 15.1. The zero-order valence-electron chi connectivity index (χ0n) is 18.7. The fourth-order valence-electron chi connectivity index (χ4n) is 2.89. The first-order valence-electron chi connectivity index (χ1n) is 9.16. The molecule has 0 fully saturated rings. The van der Waals surface area contributed by atoms with E-state index in [4.69, 9.17) is 0 Å². The van der Waals surface area contributed by atoms with Crippen LogP contribution in [0.15, 0.2) is 65.8 Å². The molecule has 0 aromatic heterocycles. The summed E-state index contributed by atoms with van der Waals surface area (Å²) in [5, 5.41) is 0. The molecule has 2 aromatic rings. The Morgan fingerprint density at radius 2 is 0.667 bits per heavy atom. The average molecular weight is 465 g/mol. The van der Waals surface area contributed by atoms with E-state index in [2.05, 4.69) is 99.0 Å². The lowest BCUT2D eigenvalue weighted by molar-refractivity contribution is 1.18.